The van der Waals surface area contributed by atoms with Crippen LogP contribution in [0.4, 0.5) is 0 Å². The predicted molar refractivity (Wildman–Crippen MR) is 77.5 cm³/mol. The molecule has 0 spiro atoms. The summed E-state index contributed by atoms with van der Waals surface area (Å²) in [6.07, 6.45) is 7.20. The van der Waals surface area contributed by atoms with Gasteiger partial charge in [-0.1, -0.05) is 25.7 Å². The van der Waals surface area contributed by atoms with Crippen molar-refractivity contribution in [1.82, 2.24) is 10.2 Å². The summed E-state index contributed by atoms with van der Waals surface area (Å²) in [5.41, 5.74) is 0. The number of aliphatic hydroxyl groups excluding tert-OH is 1. The second-order valence-electron chi connectivity index (χ2n) is 6.20. The Kier molecular flexibility index (Phi) is 6.26. The number of ether oxygens (including phenoxy) is 1. The molecule has 2 aliphatic rings. The number of morpholine rings is 1. The fraction of sp³-hybridized carbons (Fsp3) is 0.933. The lowest BCUT2D eigenvalue weighted by Crippen LogP contribution is -2.51. The zero-order valence-corrected chi connectivity index (χ0v) is 12.5. The number of rotatable bonds is 4. The van der Waals surface area contributed by atoms with Crippen molar-refractivity contribution in [3.8, 4) is 0 Å². The van der Waals surface area contributed by atoms with Crippen LogP contribution in [-0.2, 0) is 9.53 Å². The van der Waals surface area contributed by atoms with Gasteiger partial charge in [0, 0.05) is 19.1 Å². The average Bonchev–Trinajstić information content (AvgIpc) is 2.66. The van der Waals surface area contributed by atoms with Crippen LogP contribution in [0.3, 0.4) is 0 Å². The van der Waals surface area contributed by atoms with Gasteiger partial charge in [-0.2, -0.15) is 0 Å². The van der Waals surface area contributed by atoms with Gasteiger partial charge in [0.15, 0.2) is 0 Å². The topological polar surface area (TPSA) is 61.8 Å². The summed E-state index contributed by atoms with van der Waals surface area (Å²) in [5, 5.41) is 12.4. The van der Waals surface area contributed by atoms with Gasteiger partial charge in [0.05, 0.1) is 25.4 Å². The number of carbonyl (C=O) groups is 1. The van der Waals surface area contributed by atoms with Gasteiger partial charge in [-0.25, -0.2) is 0 Å². The third-order valence-corrected chi connectivity index (χ3v) is 4.19. The molecule has 116 valence electrons. The largest absolute Gasteiger partial charge is 0.394 e. The molecule has 0 aromatic rings. The van der Waals surface area contributed by atoms with Crippen LogP contribution in [0.25, 0.3) is 0 Å². The van der Waals surface area contributed by atoms with Crippen LogP contribution in [0, 0.1) is 0 Å². The lowest BCUT2D eigenvalue weighted by molar-refractivity contribution is -0.129. The zero-order chi connectivity index (χ0) is 14.4. The molecule has 0 bridgehead atoms. The maximum atomic E-state index is 12.1. The van der Waals surface area contributed by atoms with Crippen LogP contribution in [0.1, 0.15) is 45.4 Å². The van der Waals surface area contributed by atoms with Crippen molar-refractivity contribution in [2.75, 3.05) is 26.2 Å². The van der Waals surface area contributed by atoms with Gasteiger partial charge in [-0.3, -0.25) is 9.69 Å². The number of hydrogen-bond acceptors (Lipinski definition) is 4. The molecule has 0 aromatic carbocycles. The van der Waals surface area contributed by atoms with E-state index in [1.54, 1.807) is 0 Å². The molecule has 1 saturated heterocycles. The minimum atomic E-state index is -0.163. The van der Waals surface area contributed by atoms with E-state index >= 15 is 0 Å². The third-order valence-electron chi connectivity index (χ3n) is 4.19. The van der Waals surface area contributed by atoms with Crippen LogP contribution >= 0.6 is 0 Å². The van der Waals surface area contributed by atoms with E-state index in [9.17, 15) is 9.90 Å². The second-order valence-corrected chi connectivity index (χ2v) is 6.20. The van der Waals surface area contributed by atoms with Crippen LogP contribution in [0.2, 0.25) is 0 Å². The van der Waals surface area contributed by atoms with E-state index in [-0.39, 0.29) is 24.7 Å². The molecule has 1 amide bonds. The highest BCUT2D eigenvalue weighted by Crippen LogP contribution is 2.17. The smallest absolute Gasteiger partial charge is 0.234 e. The van der Waals surface area contributed by atoms with E-state index in [4.69, 9.17) is 4.74 Å². The Morgan fingerprint density at radius 2 is 1.95 bits per heavy atom. The third kappa shape index (κ3) is 5.04. The van der Waals surface area contributed by atoms with Gasteiger partial charge in [0.1, 0.15) is 0 Å². The fourth-order valence-corrected chi connectivity index (χ4v) is 3.27. The lowest BCUT2D eigenvalue weighted by atomic mass is 10.1. The molecule has 5 nitrogen and oxygen atoms in total. The molecule has 1 saturated carbocycles. The number of nitrogens with one attached hydrogen (secondary N) is 1. The summed E-state index contributed by atoms with van der Waals surface area (Å²) in [4.78, 5) is 14.2. The standard InChI is InChI=1S/C15H28N2O3/c1-12-8-17(9-14(11-18)20-12)10-15(19)16-13-6-4-2-3-5-7-13/h12-14,18H,2-11H2,1H3,(H,16,19). The SMILES string of the molecule is CC1CN(CC(=O)NC2CCCCCC2)CC(CO)O1. The number of nitrogens with zero attached hydrogens (tertiary/aromatic N) is 1. The Morgan fingerprint density at radius 3 is 2.60 bits per heavy atom. The molecule has 5 heteroatoms. The Labute approximate surface area is 121 Å². The summed E-state index contributed by atoms with van der Waals surface area (Å²) >= 11 is 0. The maximum Gasteiger partial charge on any atom is 0.234 e. The first kappa shape index (κ1) is 15.7. The van der Waals surface area contributed by atoms with Gasteiger partial charge in [0.2, 0.25) is 5.91 Å². The minimum absolute atomic E-state index is 0.0189. The molecule has 0 aromatic heterocycles. The molecule has 20 heavy (non-hydrogen) atoms. The summed E-state index contributed by atoms with van der Waals surface area (Å²) in [7, 11) is 0. The van der Waals surface area contributed by atoms with Crippen molar-refractivity contribution >= 4 is 5.91 Å². The number of aliphatic hydroxyl groups is 1. The molecular formula is C15H28N2O3. The van der Waals surface area contributed by atoms with Crippen LogP contribution in [-0.4, -0.2) is 60.4 Å². The van der Waals surface area contributed by atoms with Crippen molar-refractivity contribution in [1.29, 1.82) is 0 Å². The van der Waals surface area contributed by atoms with Crippen molar-refractivity contribution in [2.24, 2.45) is 0 Å². The van der Waals surface area contributed by atoms with E-state index in [0.717, 1.165) is 19.4 Å². The number of amides is 1. The minimum Gasteiger partial charge on any atom is -0.394 e. The fourth-order valence-electron chi connectivity index (χ4n) is 3.27. The second kappa shape index (κ2) is 7.96. The number of carbonyl (C=O) groups excluding carboxylic acids is 1. The van der Waals surface area contributed by atoms with Gasteiger partial charge < -0.3 is 15.2 Å². The number of hydrogen-bond donors (Lipinski definition) is 2. The Bertz CT molecular complexity index is 303. The van der Waals surface area contributed by atoms with E-state index in [1.165, 1.54) is 25.7 Å². The predicted octanol–water partition coefficient (Wildman–Crippen LogP) is 0.907. The van der Waals surface area contributed by atoms with Crippen LogP contribution in [0.15, 0.2) is 0 Å². The molecule has 2 atom stereocenters. The Balaban J connectivity index is 1.75. The van der Waals surface area contributed by atoms with E-state index in [1.807, 2.05) is 6.92 Å². The summed E-state index contributed by atoms with van der Waals surface area (Å²) in [6.45, 7) is 3.82. The quantitative estimate of drug-likeness (QED) is 0.753. The molecular weight excluding hydrogens is 256 g/mol. The van der Waals surface area contributed by atoms with Gasteiger partial charge in [-0.05, 0) is 19.8 Å². The lowest BCUT2D eigenvalue weighted by Gasteiger charge is -2.35. The van der Waals surface area contributed by atoms with Crippen LogP contribution < -0.4 is 5.32 Å². The van der Waals surface area contributed by atoms with Gasteiger partial charge >= 0.3 is 0 Å². The van der Waals surface area contributed by atoms with Crippen molar-refractivity contribution < 1.29 is 14.6 Å². The summed E-state index contributed by atoms with van der Waals surface area (Å²) < 4.78 is 5.59. The highest BCUT2D eigenvalue weighted by Gasteiger charge is 2.26. The van der Waals surface area contributed by atoms with Gasteiger partial charge in [-0.15, -0.1) is 0 Å². The highest BCUT2D eigenvalue weighted by molar-refractivity contribution is 5.78. The summed E-state index contributed by atoms with van der Waals surface area (Å²) in [6, 6.07) is 0.358. The molecule has 2 rings (SSSR count). The normalized spacial score (nSPS) is 29.9. The first-order valence-electron chi connectivity index (χ1n) is 7.95. The molecule has 0 radical (unpaired) electrons. The van der Waals surface area contributed by atoms with Gasteiger partial charge in [0.25, 0.3) is 0 Å². The molecule has 2 N–H and O–H groups in total. The van der Waals surface area contributed by atoms with E-state index < -0.39 is 0 Å². The molecule has 2 fully saturated rings. The summed E-state index contributed by atoms with van der Waals surface area (Å²) in [5.74, 6) is 0.114. The molecule has 1 heterocycles. The zero-order valence-electron chi connectivity index (χ0n) is 12.5. The monoisotopic (exact) mass is 284 g/mol. The Morgan fingerprint density at radius 1 is 1.25 bits per heavy atom. The molecule has 2 unspecified atom stereocenters. The first-order valence-corrected chi connectivity index (χ1v) is 7.95. The first-order chi connectivity index (χ1) is 9.67. The van der Waals surface area contributed by atoms with Crippen molar-refractivity contribution in [2.45, 2.75) is 63.7 Å². The van der Waals surface area contributed by atoms with E-state index in [0.29, 0.717) is 19.1 Å². The average molecular weight is 284 g/mol. The Hall–Kier alpha value is -0.650. The van der Waals surface area contributed by atoms with Crippen LogP contribution in [0.5, 0.6) is 0 Å². The molecule has 1 aliphatic heterocycles. The highest BCUT2D eigenvalue weighted by atomic mass is 16.5. The van der Waals surface area contributed by atoms with E-state index in [2.05, 4.69) is 10.2 Å². The maximum absolute atomic E-state index is 12.1. The van der Waals surface area contributed by atoms with Crippen molar-refractivity contribution in [3.63, 3.8) is 0 Å². The molecule has 1 aliphatic carbocycles. The van der Waals surface area contributed by atoms with Crippen molar-refractivity contribution in [3.05, 3.63) is 0 Å².